The Labute approximate surface area is 89.3 Å². The summed E-state index contributed by atoms with van der Waals surface area (Å²) < 4.78 is 48.7. The number of amides is 1. The van der Waals surface area contributed by atoms with Crippen LogP contribution in [-0.2, 0) is 4.79 Å². The predicted molar refractivity (Wildman–Crippen MR) is 50.8 cm³/mol. The van der Waals surface area contributed by atoms with Gasteiger partial charge in [-0.1, -0.05) is 17.7 Å². The van der Waals surface area contributed by atoms with Gasteiger partial charge < -0.3 is 5.32 Å². The SMILES string of the molecule is Cc1ccc(NC(=O)C(F)(F)C(F)F)cc1. The topological polar surface area (TPSA) is 29.1 Å². The highest BCUT2D eigenvalue weighted by molar-refractivity contribution is 5.96. The lowest BCUT2D eigenvalue weighted by atomic mass is 10.2. The van der Waals surface area contributed by atoms with E-state index in [0.29, 0.717) is 0 Å². The van der Waals surface area contributed by atoms with Crippen LogP contribution in [0.5, 0.6) is 0 Å². The molecule has 0 spiro atoms. The highest BCUT2D eigenvalue weighted by Crippen LogP contribution is 2.24. The first-order valence-corrected chi connectivity index (χ1v) is 4.38. The lowest BCUT2D eigenvalue weighted by molar-refractivity contribution is -0.163. The zero-order valence-electron chi connectivity index (χ0n) is 8.31. The molecule has 0 aliphatic heterocycles. The number of alkyl halides is 4. The minimum absolute atomic E-state index is 0.0518. The Balaban J connectivity index is 2.75. The molecule has 1 aromatic rings. The molecule has 1 N–H and O–H groups in total. The smallest absolute Gasteiger partial charge is 0.321 e. The molecule has 88 valence electrons. The summed E-state index contributed by atoms with van der Waals surface area (Å²) in [6.45, 7) is 1.76. The van der Waals surface area contributed by atoms with E-state index in [4.69, 9.17) is 0 Å². The summed E-state index contributed by atoms with van der Waals surface area (Å²) in [5.41, 5.74) is 0.912. The molecule has 1 amide bonds. The van der Waals surface area contributed by atoms with Crippen LogP contribution in [0, 0.1) is 6.92 Å². The molecule has 0 bridgehead atoms. The Morgan fingerprint density at radius 3 is 2.19 bits per heavy atom. The standard InChI is InChI=1S/C10H9F4NO/c1-6-2-4-7(5-3-6)15-9(16)10(13,14)8(11)12/h2-5,8H,1H3,(H,15,16). The van der Waals surface area contributed by atoms with Crippen molar-refractivity contribution < 1.29 is 22.4 Å². The van der Waals surface area contributed by atoms with E-state index < -0.39 is 18.3 Å². The number of carbonyl (C=O) groups is 1. The molecule has 0 saturated carbocycles. The second kappa shape index (κ2) is 4.51. The monoisotopic (exact) mass is 235 g/mol. The Morgan fingerprint density at radius 1 is 1.25 bits per heavy atom. The van der Waals surface area contributed by atoms with E-state index in [2.05, 4.69) is 0 Å². The largest absolute Gasteiger partial charge is 0.383 e. The van der Waals surface area contributed by atoms with E-state index >= 15 is 0 Å². The van der Waals surface area contributed by atoms with Gasteiger partial charge in [0.05, 0.1) is 0 Å². The summed E-state index contributed by atoms with van der Waals surface area (Å²) >= 11 is 0. The molecule has 0 atom stereocenters. The summed E-state index contributed by atoms with van der Waals surface area (Å²) in [6, 6.07) is 5.84. The maximum atomic E-state index is 12.5. The normalized spacial score (nSPS) is 11.6. The predicted octanol–water partition coefficient (Wildman–Crippen LogP) is 2.83. The quantitative estimate of drug-likeness (QED) is 0.802. The van der Waals surface area contributed by atoms with Gasteiger partial charge in [0.2, 0.25) is 0 Å². The molecule has 1 aromatic carbocycles. The lowest BCUT2D eigenvalue weighted by Crippen LogP contribution is -2.40. The lowest BCUT2D eigenvalue weighted by Gasteiger charge is -2.14. The Bertz CT molecular complexity index is 375. The van der Waals surface area contributed by atoms with Crippen molar-refractivity contribution in [2.75, 3.05) is 5.32 Å². The first-order chi connectivity index (χ1) is 7.34. The summed E-state index contributed by atoms with van der Waals surface area (Å²) in [5.74, 6) is -6.68. The van der Waals surface area contributed by atoms with Crippen molar-refractivity contribution in [1.82, 2.24) is 0 Å². The number of anilines is 1. The van der Waals surface area contributed by atoms with E-state index in [1.54, 1.807) is 24.4 Å². The molecular formula is C10H9F4NO. The maximum Gasteiger partial charge on any atom is 0.383 e. The van der Waals surface area contributed by atoms with Gasteiger partial charge in [-0.2, -0.15) is 8.78 Å². The fourth-order valence-corrected chi connectivity index (χ4v) is 0.950. The van der Waals surface area contributed by atoms with Crippen molar-refractivity contribution in [2.24, 2.45) is 0 Å². The zero-order valence-corrected chi connectivity index (χ0v) is 8.31. The molecule has 0 fully saturated rings. The molecule has 0 saturated heterocycles. The van der Waals surface area contributed by atoms with Crippen LogP contribution in [0.2, 0.25) is 0 Å². The van der Waals surface area contributed by atoms with E-state index in [9.17, 15) is 22.4 Å². The van der Waals surface area contributed by atoms with Crippen LogP contribution in [-0.4, -0.2) is 18.3 Å². The van der Waals surface area contributed by atoms with Crippen LogP contribution in [0.3, 0.4) is 0 Å². The van der Waals surface area contributed by atoms with Gasteiger partial charge in [-0.15, -0.1) is 0 Å². The molecule has 0 heterocycles. The minimum atomic E-state index is -4.68. The second-order valence-corrected chi connectivity index (χ2v) is 3.24. The van der Waals surface area contributed by atoms with Crippen LogP contribution < -0.4 is 5.32 Å². The van der Waals surface area contributed by atoms with Gasteiger partial charge in [0.1, 0.15) is 0 Å². The fourth-order valence-electron chi connectivity index (χ4n) is 0.950. The van der Waals surface area contributed by atoms with E-state index in [-0.39, 0.29) is 5.69 Å². The Kier molecular flexibility index (Phi) is 3.51. The van der Waals surface area contributed by atoms with Gasteiger partial charge in [0.15, 0.2) is 0 Å². The van der Waals surface area contributed by atoms with Crippen LogP contribution in [0.15, 0.2) is 24.3 Å². The molecule has 0 radical (unpaired) electrons. The van der Waals surface area contributed by atoms with Crippen molar-refractivity contribution >= 4 is 11.6 Å². The zero-order chi connectivity index (χ0) is 12.3. The van der Waals surface area contributed by atoms with Crippen LogP contribution in [0.25, 0.3) is 0 Å². The minimum Gasteiger partial charge on any atom is -0.321 e. The van der Waals surface area contributed by atoms with E-state index in [1.807, 2.05) is 0 Å². The summed E-state index contributed by atoms with van der Waals surface area (Å²) in [5, 5.41) is 1.72. The molecular weight excluding hydrogens is 226 g/mol. The fraction of sp³-hybridized carbons (Fsp3) is 0.300. The number of benzene rings is 1. The second-order valence-electron chi connectivity index (χ2n) is 3.24. The van der Waals surface area contributed by atoms with Gasteiger partial charge in [-0.05, 0) is 19.1 Å². The van der Waals surface area contributed by atoms with E-state index in [1.165, 1.54) is 12.1 Å². The Morgan fingerprint density at radius 2 is 1.75 bits per heavy atom. The molecule has 1 rings (SSSR count). The van der Waals surface area contributed by atoms with Gasteiger partial charge in [0.25, 0.3) is 0 Å². The third-order valence-corrected chi connectivity index (χ3v) is 1.89. The number of rotatable bonds is 3. The first kappa shape index (κ1) is 12.5. The Hall–Kier alpha value is -1.59. The average molecular weight is 235 g/mol. The van der Waals surface area contributed by atoms with E-state index in [0.717, 1.165) is 5.56 Å². The number of carbonyl (C=O) groups excluding carboxylic acids is 1. The summed E-state index contributed by atoms with van der Waals surface area (Å²) in [7, 11) is 0. The van der Waals surface area contributed by atoms with Gasteiger partial charge >= 0.3 is 18.3 Å². The highest BCUT2D eigenvalue weighted by Gasteiger charge is 2.48. The number of hydrogen-bond acceptors (Lipinski definition) is 1. The van der Waals surface area contributed by atoms with Crippen molar-refractivity contribution in [3.63, 3.8) is 0 Å². The van der Waals surface area contributed by atoms with Crippen molar-refractivity contribution in [2.45, 2.75) is 19.3 Å². The third-order valence-electron chi connectivity index (χ3n) is 1.89. The third kappa shape index (κ3) is 2.71. The van der Waals surface area contributed by atoms with Gasteiger partial charge in [-0.25, -0.2) is 8.78 Å². The number of halogens is 4. The number of nitrogens with one attached hydrogen (secondary N) is 1. The molecule has 0 aromatic heterocycles. The molecule has 16 heavy (non-hydrogen) atoms. The molecule has 0 unspecified atom stereocenters. The molecule has 0 aliphatic carbocycles. The van der Waals surface area contributed by atoms with Gasteiger partial charge in [0, 0.05) is 5.69 Å². The highest BCUT2D eigenvalue weighted by atomic mass is 19.3. The number of hydrogen-bond donors (Lipinski definition) is 1. The number of aryl methyl sites for hydroxylation is 1. The van der Waals surface area contributed by atoms with Crippen molar-refractivity contribution in [3.05, 3.63) is 29.8 Å². The average Bonchev–Trinajstić information content (AvgIpc) is 2.21. The van der Waals surface area contributed by atoms with Crippen molar-refractivity contribution in [3.8, 4) is 0 Å². The summed E-state index contributed by atoms with van der Waals surface area (Å²) in [6.07, 6.45) is -4.02. The summed E-state index contributed by atoms with van der Waals surface area (Å²) in [4.78, 5) is 10.8. The first-order valence-electron chi connectivity index (χ1n) is 4.38. The maximum absolute atomic E-state index is 12.5. The molecule has 6 heteroatoms. The molecule has 0 aliphatic rings. The van der Waals surface area contributed by atoms with Gasteiger partial charge in [-0.3, -0.25) is 4.79 Å². The van der Waals surface area contributed by atoms with Crippen molar-refractivity contribution in [1.29, 1.82) is 0 Å². The molecule has 2 nitrogen and oxygen atoms in total. The van der Waals surface area contributed by atoms with Crippen LogP contribution in [0.4, 0.5) is 23.2 Å². The van der Waals surface area contributed by atoms with Crippen LogP contribution in [0.1, 0.15) is 5.56 Å². The van der Waals surface area contributed by atoms with Crippen LogP contribution >= 0.6 is 0 Å².